The number of ether oxygens (including phenoxy) is 1. The van der Waals surface area contributed by atoms with E-state index in [2.05, 4.69) is 15.6 Å². The minimum Gasteiger partial charge on any atom is -0.496 e. The van der Waals surface area contributed by atoms with Crippen LogP contribution in [0.2, 0.25) is 0 Å². The zero-order chi connectivity index (χ0) is 22.9. The van der Waals surface area contributed by atoms with Crippen LogP contribution in [0.4, 0.5) is 24.0 Å². The molecule has 0 saturated carbocycles. The number of benzene rings is 2. The Morgan fingerprint density at radius 2 is 2.09 bits per heavy atom. The Morgan fingerprint density at radius 1 is 1.28 bits per heavy atom. The number of halogens is 3. The van der Waals surface area contributed by atoms with E-state index >= 15 is 0 Å². The van der Waals surface area contributed by atoms with E-state index in [0.29, 0.717) is 30.1 Å². The van der Waals surface area contributed by atoms with Gasteiger partial charge in [0.1, 0.15) is 5.75 Å². The van der Waals surface area contributed by atoms with Gasteiger partial charge >= 0.3 is 6.18 Å². The third kappa shape index (κ3) is 4.86. The van der Waals surface area contributed by atoms with Crippen molar-refractivity contribution in [2.75, 3.05) is 24.3 Å². The largest absolute Gasteiger partial charge is 0.496 e. The predicted octanol–water partition coefficient (Wildman–Crippen LogP) is 4.31. The summed E-state index contributed by atoms with van der Waals surface area (Å²) in [4.78, 5) is 16.9. The number of rotatable bonds is 7. The fourth-order valence-electron chi connectivity index (χ4n) is 3.56. The number of amides is 1. The quantitative estimate of drug-likeness (QED) is 0.487. The van der Waals surface area contributed by atoms with Crippen LogP contribution in [0, 0.1) is 0 Å². The summed E-state index contributed by atoms with van der Waals surface area (Å²) in [6.07, 6.45) is -1.96. The number of hydrogen-bond donors (Lipinski definition) is 3. The van der Waals surface area contributed by atoms with Gasteiger partial charge in [-0.15, -0.1) is 0 Å². The van der Waals surface area contributed by atoms with Crippen LogP contribution in [0.1, 0.15) is 16.7 Å². The Bertz CT molecular complexity index is 1150. The number of fused-ring (bicyclic) bond motifs is 1. The Hall–Kier alpha value is -3.11. The van der Waals surface area contributed by atoms with Gasteiger partial charge in [-0.1, -0.05) is 23.5 Å². The standard InChI is InChI=1S/C22H21F3N4O2S/c1-31-18-7-12(2-4-16(18)22(23,24)25)6-15(26)10-27-21-28-11-19(32-21)13-3-5-17-14(8-13)9-20(30)29-17/h2-5,7-8,11,15H,6,9-10,26H2,1H3,(H,27,28)(H,29,30). The number of thiazole rings is 1. The summed E-state index contributed by atoms with van der Waals surface area (Å²) >= 11 is 1.46. The minimum absolute atomic E-state index is 0.0107. The van der Waals surface area contributed by atoms with Crippen molar-refractivity contribution in [3.05, 3.63) is 59.3 Å². The number of nitrogens with one attached hydrogen (secondary N) is 2. The highest BCUT2D eigenvalue weighted by Gasteiger charge is 2.34. The first-order valence-electron chi connectivity index (χ1n) is 9.85. The van der Waals surface area contributed by atoms with Crippen molar-refractivity contribution >= 4 is 28.1 Å². The Balaban J connectivity index is 1.36. The van der Waals surface area contributed by atoms with Crippen molar-refractivity contribution in [1.82, 2.24) is 4.98 Å². The van der Waals surface area contributed by atoms with Crippen molar-refractivity contribution in [2.24, 2.45) is 5.73 Å². The molecule has 1 amide bonds. The number of alkyl halides is 3. The highest BCUT2D eigenvalue weighted by atomic mass is 32.1. The van der Waals surface area contributed by atoms with Crippen molar-refractivity contribution in [3.8, 4) is 16.2 Å². The Morgan fingerprint density at radius 3 is 2.84 bits per heavy atom. The summed E-state index contributed by atoms with van der Waals surface area (Å²) in [5.41, 5.74) is 8.80. The molecule has 6 nitrogen and oxygen atoms in total. The monoisotopic (exact) mass is 462 g/mol. The number of aromatic nitrogens is 1. The molecule has 0 bridgehead atoms. The summed E-state index contributed by atoms with van der Waals surface area (Å²) < 4.78 is 43.9. The maximum atomic E-state index is 13.0. The summed E-state index contributed by atoms with van der Waals surface area (Å²) in [6, 6.07) is 9.27. The molecule has 1 aliphatic rings. The van der Waals surface area contributed by atoms with Crippen LogP contribution in [0.5, 0.6) is 5.75 Å². The lowest BCUT2D eigenvalue weighted by Gasteiger charge is -2.16. The van der Waals surface area contributed by atoms with Crippen LogP contribution in [-0.2, 0) is 23.8 Å². The normalized spacial score (nSPS) is 14.1. The molecule has 1 aromatic heterocycles. The fourth-order valence-corrected chi connectivity index (χ4v) is 4.38. The lowest BCUT2D eigenvalue weighted by Crippen LogP contribution is -2.31. The zero-order valence-electron chi connectivity index (χ0n) is 17.1. The maximum Gasteiger partial charge on any atom is 0.419 e. The first-order valence-corrected chi connectivity index (χ1v) is 10.7. The minimum atomic E-state index is -4.47. The van der Waals surface area contributed by atoms with E-state index in [0.717, 1.165) is 27.8 Å². The van der Waals surface area contributed by atoms with Gasteiger partial charge in [0.15, 0.2) is 5.13 Å². The van der Waals surface area contributed by atoms with Gasteiger partial charge in [0.2, 0.25) is 5.91 Å². The molecule has 168 valence electrons. The molecule has 0 fully saturated rings. The van der Waals surface area contributed by atoms with E-state index in [9.17, 15) is 18.0 Å². The first kappa shape index (κ1) is 22.1. The molecule has 4 N–H and O–H groups in total. The molecule has 32 heavy (non-hydrogen) atoms. The molecule has 10 heteroatoms. The average molecular weight is 462 g/mol. The molecular weight excluding hydrogens is 441 g/mol. The highest BCUT2D eigenvalue weighted by molar-refractivity contribution is 7.18. The molecular formula is C22H21F3N4O2S. The number of carbonyl (C=O) groups excluding carboxylic acids is 1. The summed E-state index contributed by atoms with van der Waals surface area (Å²) in [6.45, 7) is 0.402. The lowest BCUT2D eigenvalue weighted by molar-refractivity contribution is -0.138. The van der Waals surface area contributed by atoms with E-state index < -0.39 is 11.7 Å². The maximum absolute atomic E-state index is 13.0. The van der Waals surface area contributed by atoms with Gasteiger partial charge in [-0.25, -0.2) is 4.98 Å². The molecule has 4 rings (SSSR count). The number of anilines is 2. The Labute approximate surface area is 186 Å². The van der Waals surface area contributed by atoms with Crippen LogP contribution in [-0.4, -0.2) is 30.6 Å². The zero-order valence-corrected chi connectivity index (χ0v) is 17.9. The molecule has 1 atom stereocenters. The summed E-state index contributed by atoms with van der Waals surface area (Å²) in [5.74, 6) is -0.227. The number of hydrogen-bond acceptors (Lipinski definition) is 6. The second-order valence-corrected chi connectivity index (χ2v) is 8.53. The van der Waals surface area contributed by atoms with Gasteiger partial charge in [-0.3, -0.25) is 4.79 Å². The lowest BCUT2D eigenvalue weighted by atomic mass is 10.0. The molecule has 0 saturated heterocycles. The third-order valence-corrected chi connectivity index (χ3v) is 6.11. The predicted molar refractivity (Wildman–Crippen MR) is 118 cm³/mol. The van der Waals surface area contributed by atoms with Crippen molar-refractivity contribution < 1.29 is 22.7 Å². The van der Waals surface area contributed by atoms with Gasteiger partial charge in [-0.2, -0.15) is 13.2 Å². The molecule has 1 unspecified atom stereocenters. The van der Waals surface area contributed by atoms with Crippen molar-refractivity contribution in [3.63, 3.8) is 0 Å². The van der Waals surface area contributed by atoms with Crippen LogP contribution in [0.3, 0.4) is 0 Å². The second-order valence-electron chi connectivity index (χ2n) is 7.50. The molecule has 3 aromatic rings. The van der Waals surface area contributed by atoms with Gasteiger partial charge in [0, 0.05) is 24.5 Å². The molecule has 2 aromatic carbocycles. The third-order valence-electron chi connectivity index (χ3n) is 5.11. The van der Waals surface area contributed by atoms with E-state index in [4.69, 9.17) is 10.5 Å². The van der Waals surface area contributed by atoms with E-state index in [-0.39, 0.29) is 17.7 Å². The van der Waals surface area contributed by atoms with Gasteiger partial charge in [-0.05, 0) is 47.4 Å². The number of nitrogens with two attached hydrogens (primary N) is 1. The SMILES string of the molecule is COc1cc(CC(N)CNc2ncc(-c3ccc4c(c3)CC(=O)N4)s2)ccc1C(F)(F)F. The number of carbonyl (C=O) groups is 1. The second kappa shape index (κ2) is 8.79. The van der Waals surface area contributed by atoms with Gasteiger partial charge in [0.25, 0.3) is 0 Å². The van der Waals surface area contributed by atoms with Crippen LogP contribution >= 0.6 is 11.3 Å². The molecule has 0 spiro atoms. The highest BCUT2D eigenvalue weighted by Crippen LogP contribution is 2.37. The van der Waals surface area contributed by atoms with Crippen molar-refractivity contribution in [1.29, 1.82) is 0 Å². The van der Waals surface area contributed by atoms with Crippen LogP contribution in [0.25, 0.3) is 10.4 Å². The fraction of sp³-hybridized carbons (Fsp3) is 0.273. The Kier molecular flexibility index (Phi) is 6.07. The van der Waals surface area contributed by atoms with Gasteiger partial charge < -0.3 is 21.1 Å². The molecule has 0 aliphatic carbocycles. The smallest absolute Gasteiger partial charge is 0.419 e. The summed E-state index contributed by atoms with van der Waals surface area (Å²) in [7, 11) is 1.21. The van der Waals surface area contributed by atoms with Crippen molar-refractivity contribution in [2.45, 2.75) is 25.1 Å². The molecule has 1 aliphatic heterocycles. The molecule has 2 heterocycles. The van der Waals surface area contributed by atoms with E-state index in [1.807, 2.05) is 18.2 Å². The summed E-state index contributed by atoms with van der Waals surface area (Å²) in [5, 5.41) is 6.68. The van der Waals surface area contributed by atoms with Gasteiger partial charge in [0.05, 0.1) is 24.0 Å². The van der Waals surface area contributed by atoms with E-state index in [1.54, 1.807) is 6.20 Å². The van der Waals surface area contributed by atoms with E-state index in [1.165, 1.54) is 30.6 Å². The number of nitrogens with zero attached hydrogens (tertiary/aromatic N) is 1. The number of methoxy groups -OCH3 is 1. The average Bonchev–Trinajstić information content (AvgIpc) is 3.36. The van der Waals surface area contributed by atoms with Crippen LogP contribution in [0.15, 0.2) is 42.6 Å². The first-order chi connectivity index (χ1) is 15.2. The van der Waals surface area contributed by atoms with Crippen LogP contribution < -0.4 is 21.1 Å². The molecule has 0 radical (unpaired) electrons. The topological polar surface area (TPSA) is 89.3 Å².